The van der Waals surface area contributed by atoms with E-state index in [2.05, 4.69) is 65.5 Å². The predicted octanol–water partition coefficient (Wildman–Crippen LogP) is 4.33. The molecule has 0 spiro atoms. The first kappa shape index (κ1) is 35.3. The van der Waals surface area contributed by atoms with Gasteiger partial charge < -0.3 is 26.4 Å². The zero-order valence-electron chi connectivity index (χ0n) is 26.0. The second-order valence-corrected chi connectivity index (χ2v) is 11.2. The Labute approximate surface area is 278 Å². The Morgan fingerprint density at radius 2 is 1.20 bits per heavy atom. The van der Waals surface area contributed by atoms with Crippen LogP contribution in [0.25, 0.3) is 0 Å². The lowest BCUT2D eigenvalue weighted by atomic mass is 10.0. The van der Waals surface area contributed by atoms with Crippen LogP contribution in [0.15, 0.2) is 117 Å². The molecule has 0 bridgehead atoms. The van der Waals surface area contributed by atoms with Crippen LogP contribution in [0.4, 0.5) is 28.4 Å². The van der Waals surface area contributed by atoms with Crippen molar-refractivity contribution in [2.24, 2.45) is 20.4 Å². The molecular weight excluding hydrogens is 652 g/mol. The number of hydrogen-bond acceptors (Lipinski definition) is 9. The number of benzene rings is 4. The number of non-ortho nitro benzene ring substituents is 2. The van der Waals surface area contributed by atoms with Crippen LogP contribution in [-0.2, 0) is 0 Å². The number of likely N-dealkylation sites (N-methyl/N-ethyl adjacent to an activating group) is 2. The van der Waals surface area contributed by atoms with Gasteiger partial charge in [-0.3, -0.25) is 20.2 Å². The number of nitrogens with zero attached hydrogens (tertiary/aromatic N) is 8. The lowest BCUT2D eigenvalue weighted by Crippen LogP contribution is -3.00. The van der Waals surface area contributed by atoms with Crippen molar-refractivity contribution in [1.82, 2.24) is 0 Å². The van der Waals surface area contributed by atoms with Crippen molar-refractivity contribution in [3.05, 3.63) is 134 Å². The first-order valence-electron chi connectivity index (χ1n) is 14.3. The second-order valence-electron chi connectivity index (χ2n) is 11.2. The predicted molar refractivity (Wildman–Crippen MR) is 177 cm³/mol. The lowest BCUT2D eigenvalue weighted by molar-refractivity contribution is -0.868. The Morgan fingerprint density at radius 3 is 1.61 bits per heavy atom. The van der Waals surface area contributed by atoms with Crippen LogP contribution in [0.1, 0.15) is 23.6 Å². The first-order chi connectivity index (χ1) is 21.5. The highest BCUT2D eigenvalue weighted by Gasteiger charge is 2.13. The van der Waals surface area contributed by atoms with Crippen molar-refractivity contribution in [3.63, 3.8) is 0 Å². The molecule has 0 aliphatic rings. The van der Waals surface area contributed by atoms with Crippen molar-refractivity contribution in [3.8, 4) is 0 Å². The topological polar surface area (TPSA) is 139 Å². The minimum atomic E-state index is -0.487. The number of quaternary nitrogens is 1. The van der Waals surface area contributed by atoms with Gasteiger partial charge in [0.15, 0.2) is 0 Å². The Balaban J connectivity index is 0.00000576. The third-order valence-electron chi connectivity index (χ3n) is 6.88. The summed E-state index contributed by atoms with van der Waals surface area (Å²) in [5, 5.41) is 39.5. The molecule has 0 N–H and O–H groups in total. The van der Waals surface area contributed by atoms with Gasteiger partial charge in [0.05, 0.1) is 61.7 Å². The summed E-state index contributed by atoms with van der Waals surface area (Å²) in [5.74, 6) is 0. The molecule has 0 radical (unpaired) electrons. The molecule has 0 fully saturated rings. The standard InChI is InChI=1S/C33H35N8O4.BrH/c1-5-38(22-23-41(2,3)4)30-20-14-29(15-21-30)36-35-28-12-6-25(7-13-28)24-34-37-33(26-8-16-31(17-9-26)39(42)43)27-10-18-32(19-11-27)40(44)45;/h6-21,24H,5,22-23H2,1-4H3;1H/q+1;/p-1/b34-24+,36-35+;. The molecule has 0 amide bonds. The van der Waals surface area contributed by atoms with E-state index in [4.69, 9.17) is 0 Å². The summed E-state index contributed by atoms with van der Waals surface area (Å²) < 4.78 is 0.909. The van der Waals surface area contributed by atoms with Gasteiger partial charge in [0.2, 0.25) is 0 Å². The van der Waals surface area contributed by atoms with E-state index in [1.54, 1.807) is 30.5 Å². The second kappa shape index (κ2) is 16.3. The van der Waals surface area contributed by atoms with E-state index in [-0.39, 0.29) is 28.4 Å². The number of rotatable bonds is 13. The highest BCUT2D eigenvalue weighted by Crippen LogP contribution is 2.23. The fraction of sp³-hybridized carbons (Fsp3) is 0.212. The maximum atomic E-state index is 11.1. The van der Waals surface area contributed by atoms with Gasteiger partial charge in [-0.2, -0.15) is 15.3 Å². The number of azo groups is 1. The Bertz CT molecular complexity index is 1640. The summed E-state index contributed by atoms with van der Waals surface area (Å²) in [4.78, 5) is 23.5. The zero-order chi connectivity index (χ0) is 32.4. The molecule has 13 heteroatoms. The minimum absolute atomic E-state index is 0. The molecule has 4 aromatic rings. The number of halogens is 1. The molecule has 0 aromatic heterocycles. The maximum absolute atomic E-state index is 11.1. The molecular formula is C33H35BrN8O4. The molecule has 12 nitrogen and oxygen atoms in total. The van der Waals surface area contributed by atoms with Gasteiger partial charge in [-0.05, 0) is 73.2 Å². The Morgan fingerprint density at radius 1 is 0.739 bits per heavy atom. The summed E-state index contributed by atoms with van der Waals surface area (Å²) in [5.41, 5.74) is 4.78. The van der Waals surface area contributed by atoms with Gasteiger partial charge in [-0.25, -0.2) is 0 Å². The molecule has 0 saturated carbocycles. The van der Waals surface area contributed by atoms with Crippen molar-refractivity contribution < 1.29 is 31.3 Å². The summed E-state index contributed by atoms with van der Waals surface area (Å²) in [6, 6.07) is 27.1. The molecule has 238 valence electrons. The van der Waals surface area contributed by atoms with Crippen molar-refractivity contribution >= 4 is 40.4 Å². The molecule has 0 aliphatic carbocycles. The van der Waals surface area contributed by atoms with E-state index < -0.39 is 9.85 Å². The SMILES string of the molecule is CCN(CC[N+](C)(C)C)c1ccc(/N=N/c2ccc(/C=N/N=C(c3ccc([N+](=O)[O-])cc3)c3ccc([N+](=O)[O-])cc3)cc2)cc1.[Br-]. The van der Waals surface area contributed by atoms with Crippen molar-refractivity contribution in [2.75, 3.05) is 45.7 Å². The summed E-state index contributed by atoms with van der Waals surface area (Å²) >= 11 is 0. The molecule has 4 rings (SSSR count). The van der Waals surface area contributed by atoms with Crippen LogP contribution < -0.4 is 21.9 Å². The molecule has 0 unspecified atom stereocenters. The van der Waals surface area contributed by atoms with Gasteiger partial charge in [0.1, 0.15) is 5.71 Å². The van der Waals surface area contributed by atoms with E-state index in [0.717, 1.165) is 41.1 Å². The maximum Gasteiger partial charge on any atom is 0.269 e. The largest absolute Gasteiger partial charge is 1.00 e. The first-order valence-corrected chi connectivity index (χ1v) is 14.3. The number of hydrogen-bond donors (Lipinski definition) is 0. The summed E-state index contributed by atoms with van der Waals surface area (Å²) in [6.45, 7) is 5.10. The van der Waals surface area contributed by atoms with Gasteiger partial charge in [-0.15, -0.1) is 5.10 Å². The average molecular weight is 688 g/mol. The average Bonchev–Trinajstić information content (AvgIpc) is 3.03. The van der Waals surface area contributed by atoms with Gasteiger partial charge in [-0.1, -0.05) is 12.1 Å². The highest BCUT2D eigenvalue weighted by molar-refractivity contribution is 6.13. The van der Waals surface area contributed by atoms with Crippen LogP contribution in [-0.4, -0.2) is 67.0 Å². The minimum Gasteiger partial charge on any atom is -1.00 e. The molecule has 0 aliphatic heterocycles. The zero-order valence-corrected chi connectivity index (χ0v) is 27.6. The Hall–Kier alpha value is -5.14. The van der Waals surface area contributed by atoms with Gasteiger partial charge in [0.25, 0.3) is 11.4 Å². The fourth-order valence-corrected chi connectivity index (χ4v) is 4.28. The van der Waals surface area contributed by atoms with Crippen LogP contribution in [0.2, 0.25) is 0 Å². The number of nitro groups is 2. The van der Waals surface area contributed by atoms with Crippen LogP contribution in [0.5, 0.6) is 0 Å². The van der Waals surface area contributed by atoms with E-state index in [1.807, 2.05) is 36.4 Å². The highest BCUT2D eigenvalue weighted by atomic mass is 79.9. The molecule has 0 saturated heterocycles. The number of anilines is 1. The van der Waals surface area contributed by atoms with E-state index >= 15 is 0 Å². The fourth-order valence-electron chi connectivity index (χ4n) is 4.28. The van der Waals surface area contributed by atoms with Crippen LogP contribution in [0, 0.1) is 20.2 Å². The lowest BCUT2D eigenvalue weighted by Gasteiger charge is -2.29. The third-order valence-corrected chi connectivity index (χ3v) is 6.88. The third kappa shape index (κ3) is 10.2. The summed E-state index contributed by atoms with van der Waals surface area (Å²) in [7, 11) is 6.57. The van der Waals surface area contributed by atoms with E-state index in [9.17, 15) is 20.2 Å². The Kier molecular flexibility index (Phi) is 12.5. The van der Waals surface area contributed by atoms with Gasteiger partial charge >= 0.3 is 0 Å². The normalized spacial score (nSPS) is 11.3. The van der Waals surface area contributed by atoms with Crippen molar-refractivity contribution in [2.45, 2.75) is 6.92 Å². The molecule has 0 atom stereocenters. The molecule has 4 aromatic carbocycles. The molecule has 0 heterocycles. The number of nitro benzene ring substituents is 2. The van der Waals surface area contributed by atoms with Gasteiger partial charge in [0, 0.05) is 47.6 Å². The summed E-state index contributed by atoms with van der Waals surface area (Å²) in [6.07, 6.45) is 1.56. The quantitative estimate of drug-likeness (QED) is 0.0678. The smallest absolute Gasteiger partial charge is 0.269 e. The van der Waals surface area contributed by atoms with E-state index in [1.165, 1.54) is 24.3 Å². The van der Waals surface area contributed by atoms with Crippen LogP contribution >= 0.6 is 0 Å². The molecule has 46 heavy (non-hydrogen) atoms. The van der Waals surface area contributed by atoms with Crippen molar-refractivity contribution in [1.29, 1.82) is 0 Å². The monoisotopic (exact) mass is 686 g/mol. The van der Waals surface area contributed by atoms with Crippen LogP contribution in [0.3, 0.4) is 0 Å². The van der Waals surface area contributed by atoms with E-state index in [0.29, 0.717) is 22.5 Å².